The lowest BCUT2D eigenvalue weighted by Crippen LogP contribution is -2.39. The van der Waals surface area contributed by atoms with Crippen molar-refractivity contribution < 1.29 is 14.7 Å². The van der Waals surface area contributed by atoms with E-state index in [4.69, 9.17) is 28.2 Å². The molecule has 4 aliphatic rings. The molecule has 11 nitrogen and oxygen atoms in total. The van der Waals surface area contributed by atoms with Crippen molar-refractivity contribution in [3.8, 4) is 11.1 Å². The highest BCUT2D eigenvalue weighted by atomic mass is 35.5. The van der Waals surface area contributed by atoms with E-state index in [2.05, 4.69) is 25.4 Å². The average molecular weight is 746 g/mol. The lowest BCUT2D eigenvalue weighted by molar-refractivity contribution is 0.100. The van der Waals surface area contributed by atoms with Gasteiger partial charge < -0.3 is 24.9 Å². The van der Waals surface area contributed by atoms with Crippen molar-refractivity contribution >= 4 is 46.4 Å². The number of halogens is 2. The van der Waals surface area contributed by atoms with Crippen LogP contribution >= 0.6 is 23.2 Å². The van der Waals surface area contributed by atoms with Gasteiger partial charge in [-0.2, -0.15) is 0 Å². The number of aliphatic hydroxyl groups is 1. The second-order valence-electron chi connectivity index (χ2n) is 15.5. The van der Waals surface area contributed by atoms with Crippen LogP contribution in [-0.4, -0.2) is 78.1 Å². The zero-order chi connectivity index (χ0) is 36.3. The predicted octanol–water partition coefficient (Wildman–Crippen LogP) is 6.31. The molecule has 2 fully saturated rings. The zero-order valence-electron chi connectivity index (χ0n) is 30.0. The third-order valence-corrected chi connectivity index (χ3v) is 12.6. The molecule has 4 heterocycles. The van der Waals surface area contributed by atoms with Crippen LogP contribution in [0.3, 0.4) is 0 Å². The molecular weight excluding hydrogens is 699 g/mol. The van der Waals surface area contributed by atoms with Gasteiger partial charge in [-0.3, -0.25) is 19.4 Å². The van der Waals surface area contributed by atoms with Crippen LogP contribution in [0, 0.1) is 11.3 Å². The third kappa shape index (κ3) is 6.55. The van der Waals surface area contributed by atoms with E-state index in [1.165, 1.54) is 32.1 Å². The first-order valence-corrected chi connectivity index (χ1v) is 19.2. The molecule has 2 amide bonds. The summed E-state index contributed by atoms with van der Waals surface area (Å²) in [6.45, 7) is 6.57. The summed E-state index contributed by atoms with van der Waals surface area (Å²) in [6.07, 6.45) is 8.00. The largest absolute Gasteiger partial charge is 0.392 e. The van der Waals surface area contributed by atoms with Crippen LogP contribution in [0.15, 0.2) is 36.4 Å². The number of aliphatic hydroxyl groups excluding tert-OH is 1. The van der Waals surface area contributed by atoms with Crippen LogP contribution in [0.25, 0.3) is 11.1 Å². The highest BCUT2D eigenvalue weighted by Crippen LogP contribution is 2.54. The minimum absolute atomic E-state index is 0.289. The van der Waals surface area contributed by atoms with Crippen molar-refractivity contribution in [2.75, 3.05) is 36.8 Å². The Hall–Kier alpha value is -3.74. The molecule has 13 heteroatoms. The lowest BCUT2D eigenvalue weighted by atomic mass is 9.83. The van der Waals surface area contributed by atoms with Crippen molar-refractivity contribution in [3.05, 3.63) is 80.9 Å². The maximum absolute atomic E-state index is 13.7. The fourth-order valence-corrected chi connectivity index (χ4v) is 9.82. The molecule has 2 aliphatic carbocycles. The van der Waals surface area contributed by atoms with Gasteiger partial charge in [0, 0.05) is 88.7 Å². The first-order chi connectivity index (χ1) is 25.0. The number of benzene rings is 2. The molecule has 8 rings (SSSR count). The van der Waals surface area contributed by atoms with E-state index in [1.807, 2.05) is 41.4 Å². The van der Waals surface area contributed by atoms with Gasteiger partial charge in [-0.25, -0.2) is 9.97 Å². The van der Waals surface area contributed by atoms with Crippen molar-refractivity contribution in [2.45, 2.75) is 71.1 Å². The molecule has 2 aromatic heterocycles. The second kappa shape index (κ2) is 13.9. The molecule has 0 unspecified atom stereocenters. The predicted molar refractivity (Wildman–Crippen MR) is 203 cm³/mol. The standard InChI is InChI=1S/C39H46Cl2N8O3/c1-23(50)19-48-16-12-31-29(20-48)42-35(46(31)2)37(51)44-27-8-4-6-25(33(27)40)26-7-5-9-28(34(26)41)45-38(52)36-43-30-21-49(17-13-32(30)47(36)3)22-39-14-10-24(18-39)11-15-39/h4-9,23-24,50H,10-22H2,1-3H3,(H,44,51)(H,45,52)/t23-,24?,39?/m1/s1. The molecule has 52 heavy (non-hydrogen) atoms. The van der Waals surface area contributed by atoms with Gasteiger partial charge in [0.25, 0.3) is 11.8 Å². The quantitative estimate of drug-likeness (QED) is 0.184. The van der Waals surface area contributed by atoms with Crippen LogP contribution in [0.4, 0.5) is 11.4 Å². The highest BCUT2D eigenvalue weighted by Gasteiger charge is 2.46. The molecule has 2 aliphatic heterocycles. The molecule has 4 aromatic rings. The summed E-state index contributed by atoms with van der Waals surface area (Å²) in [5, 5.41) is 16.4. The van der Waals surface area contributed by atoms with Gasteiger partial charge in [0.15, 0.2) is 11.6 Å². The Kier molecular flexibility index (Phi) is 9.44. The average Bonchev–Trinajstić information content (AvgIpc) is 3.88. The Morgan fingerprint density at radius 1 is 0.846 bits per heavy atom. The van der Waals surface area contributed by atoms with E-state index in [9.17, 15) is 14.7 Å². The van der Waals surface area contributed by atoms with Gasteiger partial charge in [0.2, 0.25) is 0 Å². The molecule has 2 bridgehead atoms. The van der Waals surface area contributed by atoms with Gasteiger partial charge in [-0.05, 0) is 62.5 Å². The van der Waals surface area contributed by atoms with E-state index in [0.717, 1.165) is 67.7 Å². The second-order valence-corrected chi connectivity index (χ2v) is 16.2. The number of anilines is 2. The fourth-order valence-electron chi connectivity index (χ4n) is 9.27. The number of β-amino-alcohol motifs (C(OH)–C–C–N with tert-alkyl or cyclic N) is 1. The summed E-state index contributed by atoms with van der Waals surface area (Å²) in [6, 6.07) is 10.8. The van der Waals surface area contributed by atoms with Crippen molar-refractivity contribution in [3.63, 3.8) is 0 Å². The zero-order valence-corrected chi connectivity index (χ0v) is 31.5. The summed E-state index contributed by atoms with van der Waals surface area (Å²) < 4.78 is 3.75. The fraction of sp³-hybridized carbons (Fsp3) is 0.487. The van der Waals surface area contributed by atoms with Crippen molar-refractivity contribution in [1.29, 1.82) is 0 Å². The Labute approximate surface area is 314 Å². The minimum Gasteiger partial charge on any atom is -0.392 e. The van der Waals surface area contributed by atoms with Gasteiger partial charge in [0.1, 0.15) is 0 Å². The molecule has 2 aromatic carbocycles. The monoisotopic (exact) mass is 744 g/mol. The Morgan fingerprint density at radius 2 is 1.35 bits per heavy atom. The number of hydrogen-bond acceptors (Lipinski definition) is 7. The maximum Gasteiger partial charge on any atom is 0.291 e. The molecule has 3 N–H and O–H groups in total. The van der Waals surface area contributed by atoms with E-state index in [1.54, 1.807) is 25.1 Å². The normalized spacial score (nSPS) is 21.9. The molecule has 2 saturated carbocycles. The summed E-state index contributed by atoms with van der Waals surface area (Å²) in [5.74, 6) is 0.875. The Morgan fingerprint density at radius 3 is 1.83 bits per heavy atom. The van der Waals surface area contributed by atoms with E-state index in [0.29, 0.717) is 56.9 Å². The summed E-state index contributed by atoms with van der Waals surface area (Å²) >= 11 is 13.9. The number of rotatable bonds is 9. The van der Waals surface area contributed by atoms with Gasteiger partial charge in [-0.15, -0.1) is 0 Å². The number of imidazole rings is 2. The lowest BCUT2D eigenvalue weighted by Gasteiger charge is -2.35. The van der Waals surface area contributed by atoms with E-state index >= 15 is 0 Å². The van der Waals surface area contributed by atoms with Gasteiger partial charge in [0.05, 0.1) is 38.9 Å². The van der Waals surface area contributed by atoms with Crippen LogP contribution < -0.4 is 10.6 Å². The topological polar surface area (TPSA) is 121 Å². The van der Waals surface area contributed by atoms with Crippen molar-refractivity contribution in [1.82, 2.24) is 28.9 Å². The van der Waals surface area contributed by atoms with E-state index < -0.39 is 6.10 Å². The van der Waals surface area contributed by atoms with Crippen LogP contribution in [0.2, 0.25) is 10.0 Å². The van der Waals surface area contributed by atoms with Crippen LogP contribution in [-0.2, 0) is 40.0 Å². The molecule has 0 radical (unpaired) electrons. The van der Waals surface area contributed by atoms with Crippen LogP contribution in [0.1, 0.15) is 83.0 Å². The minimum atomic E-state index is -0.439. The number of hydrogen-bond donors (Lipinski definition) is 3. The third-order valence-electron chi connectivity index (χ3n) is 11.8. The number of aromatic nitrogens is 4. The SMILES string of the molecule is C[C@@H](O)CN1CCc2c(nc(C(=O)Nc3cccc(-c4cccc(NC(=O)c5nc6c(n5C)CCN(CC57CCC(CC5)C7)C6)c4Cl)c3Cl)n2C)C1. The van der Waals surface area contributed by atoms with Crippen LogP contribution in [0.5, 0.6) is 0 Å². The van der Waals surface area contributed by atoms with Gasteiger partial charge in [-0.1, -0.05) is 47.5 Å². The summed E-state index contributed by atoms with van der Waals surface area (Å²) in [7, 11) is 3.76. The van der Waals surface area contributed by atoms with Crippen molar-refractivity contribution in [2.24, 2.45) is 25.4 Å². The highest BCUT2D eigenvalue weighted by molar-refractivity contribution is 6.40. The number of fused-ring (bicyclic) bond motifs is 4. The molecule has 0 spiro atoms. The first kappa shape index (κ1) is 35.3. The number of nitrogens with zero attached hydrogens (tertiary/aromatic N) is 6. The van der Waals surface area contributed by atoms with Gasteiger partial charge >= 0.3 is 0 Å². The first-order valence-electron chi connectivity index (χ1n) is 18.4. The summed E-state index contributed by atoms with van der Waals surface area (Å²) in [4.78, 5) is 41.4. The Bertz CT molecular complexity index is 2050. The number of carbonyl (C=O) groups is 2. The number of carbonyl (C=O) groups excluding carboxylic acids is 2. The van der Waals surface area contributed by atoms with E-state index in [-0.39, 0.29) is 17.6 Å². The molecule has 274 valence electrons. The number of amides is 2. The smallest absolute Gasteiger partial charge is 0.291 e. The maximum atomic E-state index is 13.7. The Balaban J connectivity index is 0.971. The number of nitrogens with one attached hydrogen (secondary N) is 2. The summed E-state index contributed by atoms with van der Waals surface area (Å²) in [5.41, 5.74) is 6.50. The molecule has 0 saturated heterocycles. The molecule has 1 atom stereocenters. The molecular formula is C39H46Cl2N8O3.